The average Bonchev–Trinajstić information content (AvgIpc) is 3.10. The van der Waals surface area contributed by atoms with Crippen molar-refractivity contribution in [3.63, 3.8) is 0 Å². The van der Waals surface area contributed by atoms with Crippen LogP contribution in [-0.2, 0) is 11.2 Å². The molecule has 4 nitrogen and oxygen atoms in total. The standard InChI is InChI=1S/C25H29ClN2O2/c1-13-11-19(21(26)20-15(3)24(30)25(4,5)28-22(13)20)18-8-6-7-17-16(10-9-14(2)29)12-27-23(17)18/h6-8,11-12,15,24,27-28,30H,9-10H2,1-5H3. The van der Waals surface area contributed by atoms with Crippen molar-refractivity contribution in [2.75, 3.05) is 5.32 Å². The number of nitrogens with one attached hydrogen (secondary N) is 2. The van der Waals surface area contributed by atoms with Crippen molar-refractivity contribution in [2.45, 2.75) is 65.0 Å². The summed E-state index contributed by atoms with van der Waals surface area (Å²) in [4.78, 5) is 14.8. The van der Waals surface area contributed by atoms with E-state index in [4.69, 9.17) is 11.6 Å². The number of fused-ring (bicyclic) bond motifs is 2. The van der Waals surface area contributed by atoms with E-state index in [0.717, 1.165) is 50.8 Å². The molecule has 1 aliphatic rings. The average molecular weight is 425 g/mol. The Balaban J connectivity index is 1.88. The van der Waals surface area contributed by atoms with E-state index in [2.05, 4.69) is 35.4 Å². The number of hydrogen-bond acceptors (Lipinski definition) is 3. The summed E-state index contributed by atoms with van der Waals surface area (Å²) in [5.74, 6) is 0.105. The fourth-order valence-electron chi connectivity index (χ4n) is 4.74. The molecule has 0 bridgehead atoms. The highest BCUT2D eigenvalue weighted by Gasteiger charge is 2.40. The van der Waals surface area contributed by atoms with E-state index in [-0.39, 0.29) is 11.7 Å². The number of Topliss-reactive ketones (excluding diaryl/α,β-unsaturated/α-hetero) is 1. The molecule has 30 heavy (non-hydrogen) atoms. The van der Waals surface area contributed by atoms with Gasteiger partial charge in [0.05, 0.1) is 22.2 Å². The number of rotatable bonds is 4. The van der Waals surface area contributed by atoms with Crippen LogP contribution in [0.5, 0.6) is 0 Å². The Bertz CT molecular complexity index is 1150. The fraction of sp³-hybridized carbons (Fsp3) is 0.400. The lowest BCUT2D eigenvalue weighted by atomic mass is 9.77. The second-order valence-electron chi connectivity index (χ2n) is 9.17. The van der Waals surface area contributed by atoms with Crippen LogP contribution < -0.4 is 5.32 Å². The summed E-state index contributed by atoms with van der Waals surface area (Å²) in [6, 6.07) is 8.31. The second-order valence-corrected chi connectivity index (χ2v) is 9.55. The summed E-state index contributed by atoms with van der Waals surface area (Å²) in [5.41, 5.74) is 6.83. The Kier molecular flexibility index (Phi) is 5.19. The van der Waals surface area contributed by atoms with Gasteiger partial charge in [-0.2, -0.15) is 0 Å². The van der Waals surface area contributed by atoms with Gasteiger partial charge in [-0.25, -0.2) is 0 Å². The highest BCUT2D eigenvalue weighted by molar-refractivity contribution is 6.35. The Morgan fingerprint density at radius 3 is 2.70 bits per heavy atom. The lowest BCUT2D eigenvalue weighted by Crippen LogP contribution is -2.50. The molecule has 0 radical (unpaired) electrons. The molecular formula is C25H29ClN2O2. The number of H-pyrrole nitrogens is 1. The Hall–Kier alpha value is -2.30. The predicted octanol–water partition coefficient (Wildman–Crippen LogP) is 5.99. The zero-order valence-corrected chi connectivity index (χ0v) is 18.9. The first-order chi connectivity index (χ1) is 14.1. The first kappa shape index (κ1) is 21.0. The molecule has 158 valence electrons. The number of hydrogen-bond donors (Lipinski definition) is 3. The topological polar surface area (TPSA) is 65.1 Å². The number of ketones is 1. The van der Waals surface area contributed by atoms with Crippen LogP contribution in [0.25, 0.3) is 22.0 Å². The normalized spacial score (nSPS) is 20.1. The van der Waals surface area contributed by atoms with E-state index in [1.54, 1.807) is 6.92 Å². The lowest BCUT2D eigenvalue weighted by molar-refractivity contribution is -0.116. The third-order valence-corrected chi connectivity index (χ3v) is 6.86. The zero-order valence-electron chi connectivity index (χ0n) is 18.2. The van der Waals surface area contributed by atoms with Gasteiger partial charge in [-0.3, -0.25) is 0 Å². The number of benzene rings is 2. The molecule has 2 aromatic carbocycles. The number of carbonyl (C=O) groups excluding carboxylic acids is 1. The molecule has 5 heteroatoms. The Morgan fingerprint density at radius 2 is 2.00 bits per heavy atom. The molecule has 3 aromatic rings. The number of anilines is 1. The molecule has 0 aliphatic carbocycles. The SMILES string of the molecule is CC(=O)CCc1c[nH]c2c(-c3cc(C)c4c(c3Cl)C(C)C(O)C(C)(C)N4)cccc12. The van der Waals surface area contributed by atoms with Crippen molar-refractivity contribution in [2.24, 2.45) is 0 Å². The van der Waals surface area contributed by atoms with Crippen LogP contribution in [0.3, 0.4) is 0 Å². The summed E-state index contributed by atoms with van der Waals surface area (Å²) >= 11 is 6.99. The van der Waals surface area contributed by atoms with E-state index in [9.17, 15) is 9.90 Å². The minimum atomic E-state index is -0.545. The molecule has 0 spiro atoms. The number of halogens is 1. The molecule has 1 aliphatic heterocycles. The molecule has 0 fully saturated rings. The summed E-state index contributed by atoms with van der Waals surface area (Å²) < 4.78 is 0. The zero-order chi connectivity index (χ0) is 21.8. The summed E-state index contributed by atoms with van der Waals surface area (Å²) in [6.45, 7) is 9.78. The molecule has 0 saturated heterocycles. The van der Waals surface area contributed by atoms with Gasteiger partial charge in [0.2, 0.25) is 0 Å². The van der Waals surface area contributed by atoms with Crippen LogP contribution >= 0.6 is 11.6 Å². The quantitative estimate of drug-likeness (QED) is 0.482. The van der Waals surface area contributed by atoms with Crippen molar-refractivity contribution in [3.05, 3.63) is 52.2 Å². The highest BCUT2D eigenvalue weighted by Crippen LogP contribution is 2.48. The monoisotopic (exact) mass is 424 g/mol. The van der Waals surface area contributed by atoms with E-state index in [1.807, 2.05) is 33.0 Å². The number of carbonyl (C=O) groups is 1. The number of aromatic amines is 1. The van der Waals surface area contributed by atoms with Crippen LogP contribution in [0.4, 0.5) is 5.69 Å². The molecule has 1 aromatic heterocycles. The van der Waals surface area contributed by atoms with Crippen LogP contribution in [0.2, 0.25) is 5.02 Å². The Morgan fingerprint density at radius 1 is 1.27 bits per heavy atom. The highest BCUT2D eigenvalue weighted by atomic mass is 35.5. The van der Waals surface area contributed by atoms with Crippen LogP contribution in [-0.4, -0.2) is 27.5 Å². The molecule has 0 amide bonds. The summed E-state index contributed by atoms with van der Waals surface area (Å²) in [6.07, 6.45) is 2.70. The third kappa shape index (κ3) is 3.32. The maximum Gasteiger partial charge on any atom is 0.130 e. The number of aromatic nitrogens is 1. The summed E-state index contributed by atoms with van der Waals surface area (Å²) in [5, 5.41) is 16.1. The minimum Gasteiger partial charge on any atom is -0.390 e. The van der Waals surface area contributed by atoms with Crippen molar-refractivity contribution in [3.8, 4) is 11.1 Å². The molecule has 0 saturated carbocycles. The van der Waals surface area contributed by atoms with E-state index < -0.39 is 11.6 Å². The van der Waals surface area contributed by atoms with Gasteiger partial charge in [0.1, 0.15) is 5.78 Å². The first-order valence-electron chi connectivity index (χ1n) is 10.5. The van der Waals surface area contributed by atoms with Gasteiger partial charge in [-0.1, -0.05) is 36.7 Å². The van der Waals surface area contributed by atoms with Crippen LogP contribution in [0, 0.1) is 6.92 Å². The Labute approximate surface area is 182 Å². The van der Waals surface area contributed by atoms with Crippen molar-refractivity contribution in [1.29, 1.82) is 0 Å². The minimum absolute atomic E-state index is 0.0867. The van der Waals surface area contributed by atoms with E-state index in [0.29, 0.717) is 11.4 Å². The van der Waals surface area contributed by atoms with Crippen molar-refractivity contribution < 1.29 is 9.90 Å². The fourth-order valence-corrected chi connectivity index (χ4v) is 5.17. The molecule has 3 N–H and O–H groups in total. The van der Waals surface area contributed by atoms with Gasteiger partial charge >= 0.3 is 0 Å². The van der Waals surface area contributed by atoms with Crippen LogP contribution in [0.1, 0.15) is 56.7 Å². The van der Waals surface area contributed by atoms with Crippen molar-refractivity contribution >= 4 is 34.0 Å². The smallest absolute Gasteiger partial charge is 0.130 e. The van der Waals surface area contributed by atoms with Gasteiger partial charge in [0.15, 0.2) is 0 Å². The first-order valence-corrected chi connectivity index (χ1v) is 10.9. The number of para-hydroxylation sites is 1. The van der Waals surface area contributed by atoms with Gasteiger partial charge in [0, 0.05) is 46.3 Å². The predicted molar refractivity (Wildman–Crippen MR) is 125 cm³/mol. The maximum absolute atomic E-state index is 11.4. The van der Waals surface area contributed by atoms with E-state index >= 15 is 0 Å². The molecule has 2 unspecified atom stereocenters. The van der Waals surface area contributed by atoms with E-state index in [1.165, 1.54) is 0 Å². The van der Waals surface area contributed by atoms with Crippen LogP contribution in [0.15, 0.2) is 30.5 Å². The number of aliphatic hydroxyl groups excluding tert-OH is 1. The molecule has 2 heterocycles. The summed E-state index contributed by atoms with van der Waals surface area (Å²) in [7, 11) is 0. The van der Waals surface area contributed by atoms with Gasteiger partial charge in [-0.05, 0) is 51.3 Å². The lowest BCUT2D eigenvalue weighted by Gasteiger charge is -2.43. The van der Waals surface area contributed by atoms with Gasteiger partial charge in [0.25, 0.3) is 0 Å². The van der Waals surface area contributed by atoms with Gasteiger partial charge in [-0.15, -0.1) is 0 Å². The maximum atomic E-state index is 11.4. The second kappa shape index (κ2) is 7.44. The number of aliphatic hydroxyl groups is 1. The molecule has 2 atom stereocenters. The molecule has 4 rings (SSSR count). The number of aryl methyl sites for hydroxylation is 2. The third-order valence-electron chi connectivity index (χ3n) is 6.45. The van der Waals surface area contributed by atoms with Gasteiger partial charge < -0.3 is 20.2 Å². The molecular weight excluding hydrogens is 396 g/mol. The van der Waals surface area contributed by atoms with Crippen molar-refractivity contribution in [1.82, 2.24) is 4.98 Å². The largest absolute Gasteiger partial charge is 0.390 e.